The van der Waals surface area contributed by atoms with E-state index in [9.17, 15) is 14.4 Å². The average molecular weight is 462 g/mol. The molecule has 0 radical (unpaired) electrons. The predicted octanol–water partition coefficient (Wildman–Crippen LogP) is 4.38. The molecule has 6 nitrogen and oxygen atoms in total. The summed E-state index contributed by atoms with van der Waals surface area (Å²) in [5.74, 6) is 6.25. The second kappa shape index (κ2) is 9.40. The summed E-state index contributed by atoms with van der Waals surface area (Å²) in [5, 5.41) is 0.462. The summed E-state index contributed by atoms with van der Waals surface area (Å²) in [6.45, 7) is 2.25. The van der Waals surface area contributed by atoms with Crippen LogP contribution in [0.25, 0.3) is 16.6 Å². The Morgan fingerprint density at radius 2 is 1.51 bits per heavy atom. The number of rotatable bonds is 5. The first-order valence-corrected chi connectivity index (χ1v) is 11.6. The SMILES string of the molecule is CCCc1nc2cccc(C#CCCN3C(=O)c4ccccc4C3=O)c2c(=O)n1-c1ccccc1. The molecule has 1 aromatic heterocycles. The number of benzene rings is 3. The van der Waals surface area contributed by atoms with Crippen LogP contribution in [0, 0.1) is 11.8 Å². The van der Waals surface area contributed by atoms with E-state index in [4.69, 9.17) is 4.98 Å². The molecule has 0 saturated carbocycles. The highest BCUT2D eigenvalue weighted by atomic mass is 16.2. The van der Waals surface area contributed by atoms with Crippen LogP contribution < -0.4 is 5.56 Å². The average Bonchev–Trinajstić information content (AvgIpc) is 3.12. The van der Waals surface area contributed by atoms with Crippen molar-refractivity contribution >= 4 is 22.7 Å². The van der Waals surface area contributed by atoms with E-state index < -0.39 is 0 Å². The van der Waals surface area contributed by atoms with Gasteiger partial charge in [-0.15, -0.1) is 0 Å². The van der Waals surface area contributed by atoms with Crippen LogP contribution in [0.4, 0.5) is 0 Å². The minimum Gasteiger partial charge on any atom is -0.273 e. The number of fused-ring (bicyclic) bond motifs is 2. The van der Waals surface area contributed by atoms with Gasteiger partial charge in [-0.25, -0.2) is 4.98 Å². The minimum atomic E-state index is -0.295. The van der Waals surface area contributed by atoms with Gasteiger partial charge in [-0.05, 0) is 42.8 Å². The summed E-state index contributed by atoms with van der Waals surface area (Å²) < 4.78 is 1.66. The summed E-state index contributed by atoms with van der Waals surface area (Å²) in [5.41, 5.74) is 2.65. The molecule has 3 aromatic carbocycles. The largest absolute Gasteiger partial charge is 0.273 e. The van der Waals surface area contributed by atoms with Gasteiger partial charge in [-0.3, -0.25) is 23.9 Å². The molecule has 1 aliphatic rings. The lowest BCUT2D eigenvalue weighted by molar-refractivity contribution is 0.0658. The molecule has 172 valence electrons. The van der Waals surface area contributed by atoms with Crippen molar-refractivity contribution in [3.63, 3.8) is 0 Å². The summed E-state index contributed by atoms with van der Waals surface area (Å²) in [4.78, 5) is 44.8. The molecule has 0 spiro atoms. The lowest BCUT2D eigenvalue weighted by Crippen LogP contribution is -2.30. The highest BCUT2D eigenvalue weighted by Gasteiger charge is 2.34. The Morgan fingerprint density at radius 1 is 0.829 bits per heavy atom. The lowest BCUT2D eigenvalue weighted by Gasteiger charge is -2.14. The summed E-state index contributed by atoms with van der Waals surface area (Å²) in [6, 6.07) is 21.8. The van der Waals surface area contributed by atoms with Crippen LogP contribution in [0.1, 0.15) is 51.9 Å². The van der Waals surface area contributed by atoms with Gasteiger partial charge in [0, 0.05) is 24.9 Å². The second-order valence-corrected chi connectivity index (χ2v) is 8.31. The molecule has 6 heteroatoms. The number of amides is 2. The molecule has 0 unspecified atom stereocenters. The van der Waals surface area contributed by atoms with Crippen LogP contribution in [-0.4, -0.2) is 32.8 Å². The standard InChI is InChI=1S/C29H23N3O3/c1-2-11-25-30-24-18-10-13-20(26(24)29(35)32(25)21-14-4-3-5-15-21)12-8-9-19-31-27(33)22-16-6-7-17-23(22)28(31)34/h3-7,10,13-18H,2,9,11,19H2,1H3. The maximum Gasteiger partial charge on any atom is 0.267 e. The zero-order chi connectivity index (χ0) is 24.4. The van der Waals surface area contributed by atoms with Gasteiger partial charge in [-0.2, -0.15) is 0 Å². The molecule has 0 atom stereocenters. The van der Waals surface area contributed by atoms with Crippen LogP contribution in [-0.2, 0) is 6.42 Å². The molecule has 0 aliphatic carbocycles. The van der Waals surface area contributed by atoms with E-state index in [0.29, 0.717) is 46.3 Å². The number of aromatic nitrogens is 2. The van der Waals surface area contributed by atoms with Gasteiger partial charge in [-0.1, -0.05) is 55.2 Å². The van der Waals surface area contributed by atoms with Crippen molar-refractivity contribution in [3.05, 3.63) is 106 Å². The topological polar surface area (TPSA) is 72.3 Å². The molecule has 0 fully saturated rings. The Hall–Kier alpha value is -4.50. The van der Waals surface area contributed by atoms with Crippen molar-refractivity contribution in [2.24, 2.45) is 0 Å². The molecular weight excluding hydrogens is 438 g/mol. The first-order chi connectivity index (χ1) is 17.1. The third kappa shape index (κ3) is 4.02. The van der Waals surface area contributed by atoms with Gasteiger partial charge in [0.05, 0.1) is 27.7 Å². The molecule has 5 rings (SSSR count). The minimum absolute atomic E-state index is 0.158. The number of hydrogen-bond donors (Lipinski definition) is 0. The van der Waals surface area contributed by atoms with Gasteiger partial charge in [0.25, 0.3) is 17.4 Å². The third-order valence-corrected chi connectivity index (χ3v) is 6.02. The number of hydrogen-bond acceptors (Lipinski definition) is 4. The van der Waals surface area contributed by atoms with Crippen LogP contribution in [0.2, 0.25) is 0 Å². The predicted molar refractivity (Wildman–Crippen MR) is 135 cm³/mol. The van der Waals surface area contributed by atoms with Gasteiger partial charge in [0.1, 0.15) is 5.82 Å². The van der Waals surface area contributed by atoms with Gasteiger partial charge in [0.2, 0.25) is 0 Å². The maximum absolute atomic E-state index is 13.7. The fraction of sp³-hybridized carbons (Fsp3) is 0.172. The summed E-state index contributed by atoms with van der Waals surface area (Å²) in [7, 11) is 0. The van der Waals surface area contributed by atoms with E-state index in [0.717, 1.165) is 12.1 Å². The molecule has 2 amide bonds. The van der Waals surface area contributed by atoms with Crippen LogP contribution >= 0.6 is 0 Å². The molecule has 35 heavy (non-hydrogen) atoms. The normalized spacial score (nSPS) is 12.5. The smallest absolute Gasteiger partial charge is 0.267 e. The van der Waals surface area contributed by atoms with Crippen LogP contribution in [0.5, 0.6) is 0 Å². The first kappa shape index (κ1) is 22.3. The Morgan fingerprint density at radius 3 is 2.20 bits per heavy atom. The zero-order valence-electron chi connectivity index (χ0n) is 19.3. The van der Waals surface area contributed by atoms with E-state index in [1.165, 1.54) is 4.90 Å². The number of carbonyl (C=O) groups is 2. The van der Waals surface area contributed by atoms with Crippen molar-refractivity contribution in [2.45, 2.75) is 26.2 Å². The van der Waals surface area contributed by atoms with Crippen LogP contribution in [0.3, 0.4) is 0 Å². The zero-order valence-corrected chi connectivity index (χ0v) is 19.3. The van der Waals surface area contributed by atoms with Crippen molar-refractivity contribution in [3.8, 4) is 17.5 Å². The van der Waals surface area contributed by atoms with E-state index >= 15 is 0 Å². The summed E-state index contributed by atoms with van der Waals surface area (Å²) >= 11 is 0. The molecule has 2 heterocycles. The number of carbonyl (C=O) groups excluding carboxylic acids is 2. The van der Waals surface area contributed by atoms with Crippen molar-refractivity contribution < 1.29 is 9.59 Å². The molecule has 1 aliphatic heterocycles. The van der Waals surface area contributed by atoms with Crippen molar-refractivity contribution in [1.29, 1.82) is 0 Å². The molecular formula is C29H23N3O3. The highest BCUT2D eigenvalue weighted by Crippen LogP contribution is 2.22. The Labute approximate surface area is 202 Å². The molecule has 0 N–H and O–H groups in total. The van der Waals surface area contributed by atoms with Crippen molar-refractivity contribution in [1.82, 2.24) is 14.5 Å². The maximum atomic E-state index is 13.7. The third-order valence-electron chi connectivity index (χ3n) is 6.02. The van der Waals surface area contributed by atoms with E-state index in [1.54, 1.807) is 34.9 Å². The Balaban J connectivity index is 1.47. The van der Waals surface area contributed by atoms with Gasteiger partial charge in [0.15, 0.2) is 0 Å². The fourth-order valence-electron chi connectivity index (χ4n) is 4.38. The van der Waals surface area contributed by atoms with Crippen molar-refractivity contribution in [2.75, 3.05) is 6.54 Å². The van der Waals surface area contributed by atoms with Gasteiger partial charge >= 0.3 is 0 Å². The highest BCUT2D eigenvalue weighted by molar-refractivity contribution is 6.21. The number of imide groups is 1. The monoisotopic (exact) mass is 461 g/mol. The van der Waals surface area contributed by atoms with E-state index in [-0.39, 0.29) is 23.9 Å². The summed E-state index contributed by atoms with van der Waals surface area (Å²) in [6.07, 6.45) is 1.84. The lowest BCUT2D eigenvalue weighted by atomic mass is 10.1. The molecule has 4 aromatic rings. The number of nitrogens with zero attached hydrogens (tertiary/aromatic N) is 3. The second-order valence-electron chi connectivity index (χ2n) is 8.31. The van der Waals surface area contributed by atoms with E-state index in [2.05, 4.69) is 18.8 Å². The fourth-order valence-corrected chi connectivity index (χ4v) is 4.38. The molecule has 0 saturated heterocycles. The number of para-hydroxylation sites is 1. The molecule has 0 bridgehead atoms. The van der Waals surface area contributed by atoms with Crippen LogP contribution in [0.15, 0.2) is 77.6 Å². The van der Waals surface area contributed by atoms with E-state index in [1.807, 2.05) is 42.5 Å². The first-order valence-electron chi connectivity index (χ1n) is 11.6. The Bertz CT molecular complexity index is 1540. The Kier molecular flexibility index (Phi) is 5.99. The quantitative estimate of drug-likeness (QED) is 0.327. The van der Waals surface area contributed by atoms with Gasteiger partial charge < -0.3 is 0 Å². The number of aryl methyl sites for hydroxylation is 1.